The first-order valence-corrected chi connectivity index (χ1v) is 9.98. The predicted octanol–water partition coefficient (Wildman–Crippen LogP) is 3.53. The summed E-state index contributed by atoms with van der Waals surface area (Å²) in [5.41, 5.74) is 1.41. The Morgan fingerprint density at radius 1 is 1.17 bits per heavy atom. The molecule has 2 aliphatic rings. The Kier molecular flexibility index (Phi) is 5.49. The lowest BCUT2D eigenvalue weighted by Gasteiger charge is -2.39. The van der Waals surface area contributed by atoms with E-state index in [0.717, 1.165) is 32.2 Å². The molecule has 2 bridgehead atoms. The number of hydrogen-bond acceptors (Lipinski definition) is 5. The predicted molar refractivity (Wildman–Crippen MR) is 109 cm³/mol. The molecule has 7 heteroatoms. The highest BCUT2D eigenvalue weighted by atomic mass is 16.6. The normalized spacial score (nSPS) is 23.6. The summed E-state index contributed by atoms with van der Waals surface area (Å²) in [5.74, 6) is 0.0315. The van der Waals surface area contributed by atoms with E-state index in [1.807, 2.05) is 6.07 Å². The van der Waals surface area contributed by atoms with Crippen molar-refractivity contribution >= 4 is 11.6 Å². The van der Waals surface area contributed by atoms with Crippen LogP contribution in [0.1, 0.15) is 41.6 Å². The minimum absolute atomic E-state index is 0.0657. The molecular formula is C22H25N3O4. The third-order valence-electron chi connectivity index (χ3n) is 6.07. The Labute approximate surface area is 169 Å². The maximum absolute atomic E-state index is 12.8. The molecule has 2 atom stereocenters. The van der Waals surface area contributed by atoms with Crippen molar-refractivity contribution in [1.29, 1.82) is 0 Å². The van der Waals surface area contributed by atoms with Gasteiger partial charge in [0.25, 0.3) is 11.6 Å². The number of piperidine rings is 1. The van der Waals surface area contributed by atoms with Crippen LogP contribution in [0.5, 0.6) is 5.75 Å². The van der Waals surface area contributed by atoms with Crippen LogP contribution in [0, 0.1) is 10.1 Å². The number of nitrogens with one attached hydrogen (secondary N) is 1. The number of nitro groups is 1. The number of nitrogens with zero attached hydrogens (tertiary/aromatic N) is 2. The van der Waals surface area contributed by atoms with Crippen molar-refractivity contribution in [3.05, 3.63) is 69.8 Å². The lowest BCUT2D eigenvalue weighted by molar-refractivity contribution is -0.384. The first-order valence-electron chi connectivity index (χ1n) is 9.98. The van der Waals surface area contributed by atoms with Gasteiger partial charge >= 0.3 is 0 Å². The van der Waals surface area contributed by atoms with E-state index < -0.39 is 4.92 Å². The minimum Gasteiger partial charge on any atom is -0.496 e. The molecule has 0 spiro atoms. The van der Waals surface area contributed by atoms with Gasteiger partial charge in [0.1, 0.15) is 5.75 Å². The Balaban J connectivity index is 1.44. The molecule has 0 radical (unpaired) electrons. The van der Waals surface area contributed by atoms with E-state index in [1.54, 1.807) is 0 Å². The van der Waals surface area contributed by atoms with Crippen molar-refractivity contribution in [2.45, 2.75) is 50.4 Å². The largest absolute Gasteiger partial charge is 0.496 e. The van der Waals surface area contributed by atoms with Crippen LogP contribution in [0.2, 0.25) is 0 Å². The van der Waals surface area contributed by atoms with Crippen LogP contribution < -0.4 is 10.1 Å². The molecule has 4 rings (SSSR count). The van der Waals surface area contributed by atoms with Gasteiger partial charge in [-0.05, 0) is 37.3 Å². The highest BCUT2D eigenvalue weighted by Crippen LogP contribution is 2.37. The average Bonchev–Trinajstić information content (AvgIpc) is 2.96. The second-order valence-electron chi connectivity index (χ2n) is 7.83. The zero-order valence-electron chi connectivity index (χ0n) is 16.4. The third-order valence-corrected chi connectivity index (χ3v) is 6.07. The number of amides is 1. The number of non-ortho nitro benzene ring substituents is 1. The molecule has 0 aromatic heterocycles. The number of fused-ring (bicyclic) bond motifs is 2. The Morgan fingerprint density at radius 2 is 1.86 bits per heavy atom. The van der Waals surface area contributed by atoms with Crippen molar-refractivity contribution < 1.29 is 14.5 Å². The third kappa shape index (κ3) is 4.10. The topological polar surface area (TPSA) is 84.7 Å². The summed E-state index contributed by atoms with van der Waals surface area (Å²) < 4.78 is 5.24. The maximum Gasteiger partial charge on any atom is 0.270 e. The molecule has 0 aliphatic carbocycles. The summed E-state index contributed by atoms with van der Waals surface area (Å²) in [5, 5.41) is 14.2. The monoisotopic (exact) mass is 395 g/mol. The number of rotatable bonds is 6. The maximum atomic E-state index is 12.8. The molecule has 7 nitrogen and oxygen atoms in total. The first-order chi connectivity index (χ1) is 14.0. The second kappa shape index (κ2) is 8.21. The van der Waals surface area contributed by atoms with Gasteiger partial charge in [0.15, 0.2) is 0 Å². The SMILES string of the molecule is COc1ccc([N+](=O)[O-])cc1C(=O)NC1CC2CCC(C1)N2Cc1ccccc1. The zero-order chi connectivity index (χ0) is 20.4. The number of carbonyl (C=O) groups is 1. The van der Waals surface area contributed by atoms with Gasteiger partial charge in [-0.1, -0.05) is 30.3 Å². The van der Waals surface area contributed by atoms with Gasteiger partial charge in [-0.25, -0.2) is 0 Å². The minimum atomic E-state index is -0.501. The van der Waals surface area contributed by atoms with E-state index in [-0.39, 0.29) is 23.2 Å². The van der Waals surface area contributed by atoms with E-state index >= 15 is 0 Å². The molecule has 2 saturated heterocycles. The number of benzene rings is 2. The summed E-state index contributed by atoms with van der Waals surface area (Å²) in [7, 11) is 1.46. The fraction of sp³-hybridized carbons (Fsp3) is 0.409. The number of nitro benzene ring substituents is 1. The van der Waals surface area contributed by atoms with Gasteiger partial charge in [-0.2, -0.15) is 0 Å². The van der Waals surface area contributed by atoms with E-state index in [2.05, 4.69) is 34.5 Å². The Hall–Kier alpha value is -2.93. The molecule has 152 valence electrons. The van der Waals surface area contributed by atoms with Crippen LogP contribution in [-0.4, -0.2) is 41.0 Å². The summed E-state index contributed by atoms with van der Waals surface area (Å²) >= 11 is 0. The molecule has 0 saturated carbocycles. The zero-order valence-corrected chi connectivity index (χ0v) is 16.4. The van der Waals surface area contributed by atoms with Gasteiger partial charge in [-0.3, -0.25) is 19.8 Å². The van der Waals surface area contributed by atoms with Gasteiger partial charge in [0, 0.05) is 36.8 Å². The molecule has 2 fully saturated rings. The van der Waals surface area contributed by atoms with Crippen molar-refractivity contribution in [2.24, 2.45) is 0 Å². The molecule has 2 heterocycles. The van der Waals surface area contributed by atoms with E-state index in [0.29, 0.717) is 17.8 Å². The number of hydrogen-bond donors (Lipinski definition) is 1. The van der Waals surface area contributed by atoms with E-state index in [1.165, 1.54) is 30.9 Å². The van der Waals surface area contributed by atoms with Crippen LogP contribution in [0.4, 0.5) is 5.69 Å². The standard InChI is InChI=1S/C22H25N3O4/c1-29-21-10-9-19(25(27)28)13-20(21)22(26)23-16-11-17-7-8-18(12-16)24(17)14-15-5-3-2-4-6-15/h2-6,9-10,13,16-18H,7-8,11-12,14H2,1H3,(H,23,26). The fourth-order valence-corrected chi connectivity index (χ4v) is 4.69. The van der Waals surface area contributed by atoms with Crippen LogP contribution in [0.15, 0.2) is 48.5 Å². The highest BCUT2D eigenvalue weighted by molar-refractivity contribution is 5.97. The first kappa shape index (κ1) is 19.4. The molecule has 1 amide bonds. The van der Waals surface area contributed by atoms with Crippen LogP contribution in [-0.2, 0) is 6.54 Å². The Morgan fingerprint density at radius 3 is 2.48 bits per heavy atom. The van der Waals surface area contributed by atoms with Gasteiger partial charge in [-0.15, -0.1) is 0 Å². The second-order valence-corrected chi connectivity index (χ2v) is 7.83. The number of ether oxygens (including phenoxy) is 1. The van der Waals surface area contributed by atoms with Crippen LogP contribution >= 0.6 is 0 Å². The number of methoxy groups -OCH3 is 1. The molecule has 1 N–H and O–H groups in total. The number of carbonyl (C=O) groups excluding carboxylic acids is 1. The molecular weight excluding hydrogens is 370 g/mol. The van der Waals surface area contributed by atoms with Crippen LogP contribution in [0.25, 0.3) is 0 Å². The van der Waals surface area contributed by atoms with Crippen molar-refractivity contribution in [2.75, 3.05) is 7.11 Å². The smallest absolute Gasteiger partial charge is 0.270 e. The van der Waals surface area contributed by atoms with Crippen molar-refractivity contribution in [3.8, 4) is 5.75 Å². The molecule has 2 unspecified atom stereocenters. The van der Waals surface area contributed by atoms with E-state index in [9.17, 15) is 14.9 Å². The van der Waals surface area contributed by atoms with Gasteiger partial charge in [0.05, 0.1) is 17.6 Å². The lowest BCUT2D eigenvalue weighted by Crippen LogP contribution is -2.50. The summed E-state index contributed by atoms with van der Waals surface area (Å²) in [4.78, 5) is 26.0. The quantitative estimate of drug-likeness (QED) is 0.597. The molecule has 2 aromatic rings. The lowest BCUT2D eigenvalue weighted by atomic mass is 9.96. The van der Waals surface area contributed by atoms with Gasteiger partial charge in [0.2, 0.25) is 0 Å². The summed E-state index contributed by atoms with van der Waals surface area (Å²) in [6, 6.07) is 15.5. The molecule has 2 aliphatic heterocycles. The van der Waals surface area contributed by atoms with E-state index in [4.69, 9.17) is 4.74 Å². The summed E-state index contributed by atoms with van der Waals surface area (Å²) in [6.45, 7) is 0.940. The average molecular weight is 395 g/mol. The molecule has 2 aromatic carbocycles. The Bertz CT molecular complexity index is 888. The molecule has 29 heavy (non-hydrogen) atoms. The van der Waals surface area contributed by atoms with Crippen molar-refractivity contribution in [3.63, 3.8) is 0 Å². The van der Waals surface area contributed by atoms with Crippen molar-refractivity contribution in [1.82, 2.24) is 10.2 Å². The highest BCUT2D eigenvalue weighted by Gasteiger charge is 2.41. The fourth-order valence-electron chi connectivity index (χ4n) is 4.69. The van der Waals surface area contributed by atoms with Gasteiger partial charge < -0.3 is 10.1 Å². The summed E-state index contributed by atoms with van der Waals surface area (Å²) in [6.07, 6.45) is 4.08. The van der Waals surface area contributed by atoms with Crippen LogP contribution in [0.3, 0.4) is 0 Å².